The number of hydrogen-bond acceptors (Lipinski definition) is 4. The summed E-state index contributed by atoms with van der Waals surface area (Å²) in [5.74, 6) is -4.29. The zero-order chi connectivity index (χ0) is 28.7. The Kier molecular flexibility index (Phi) is 8.58. The number of esters is 1. The Morgan fingerprint density at radius 1 is 1.08 bits per heavy atom. The molecule has 0 bridgehead atoms. The summed E-state index contributed by atoms with van der Waals surface area (Å²) >= 11 is 6.26. The molecule has 214 valence electrons. The maximum Gasteiger partial charge on any atom is 0.407 e. The molecule has 3 rings (SSSR count). The van der Waals surface area contributed by atoms with Gasteiger partial charge < -0.3 is 14.7 Å². The monoisotopic (exact) mass is 572 g/mol. The first kappa shape index (κ1) is 30.3. The quantitative estimate of drug-likeness (QED) is 0.327. The van der Waals surface area contributed by atoms with E-state index in [0.717, 1.165) is 4.90 Å². The van der Waals surface area contributed by atoms with Crippen LogP contribution in [-0.4, -0.2) is 70.6 Å². The van der Waals surface area contributed by atoms with Crippen molar-refractivity contribution in [3.63, 3.8) is 0 Å². The minimum Gasteiger partial charge on any atom is -0.465 e. The third-order valence-corrected chi connectivity index (χ3v) is 7.34. The van der Waals surface area contributed by atoms with Crippen molar-refractivity contribution in [2.75, 3.05) is 19.6 Å². The highest BCUT2D eigenvalue weighted by Crippen LogP contribution is 2.47. The Morgan fingerprint density at radius 3 is 2.16 bits per heavy atom. The number of rotatable bonds is 5. The highest BCUT2D eigenvalue weighted by atomic mass is 35.5. The maximum absolute atomic E-state index is 13.8. The molecule has 0 spiro atoms. The molecule has 1 aliphatic heterocycles. The van der Waals surface area contributed by atoms with Crippen LogP contribution in [-0.2, 0) is 21.5 Å². The molecule has 1 aromatic rings. The zero-order valence-corrected chi connectivity index (χ0v) is 22.0. The molecule has 1 heterocycles. The van der Waals surface area contributed by atoms with Crippen molar-refractivity contribution in [3.05, 3.63) is 34.3 Å². The van der Waals surface area contributed by atoms with E-state index in [1.54, 1.807) is 20.8 Å². The first-order chi connectivity index (χ1) is 17.3. The summed E-state index contributed by atoms with van der Waals surface area (Å²) < 4.78 is 88.2. The Morgan fingerprint density at radius 2 is 1.66 bits per heavy atom. The summed E-state index contributed by atoms with van der Waals surface area (Å²) in [7, 11) is 0. The normalized spacial score (nSPS) is 21.1. The number of ether oxygens (including phenoxy) is 1. The minimum atomic E-state index is -5.66. The summed E-state index contributed by atoms with van der Waals surface area (Å²) in [4.78, 5) is 26.5. The Balaban J connectivity index is 2.07. The summed E-state index contributed by atoms with van der Waals surface area (Å²) in [6.45, 7) is 3.14. The van der Waals surface area contributed by atoms with E-state index in [2.05, 4.69) is 0 Å². The van der Waals surface area contributed by atoms with E-state index in [0.29, 0.717) is 41.7 Å². The van der Waals surface area contributed by atoms with Crippen LogP contribution in [0.25, 0.3) is 0 Å². The Labute approximate surface area is 221 Å². The van der Waals surface area contributed by atoms with Crippen LogP contribution in [0.5, 0.6) is 0 Å². The van der Waals surface area contributed by atoms with Crippen LogP contribution in [0, 0.1) is 5.92 Å². The fourth-order valence-electron chi connectivity index (χ4n) is 5.44. The molecule has 2 fully saturated rings. The first-order valence-electron chi connectivity index (χ1n) is 12.2. The predicted molar refractivity (Wildman–Crippen MR) is 127 cm³/mol. The van der Waals surface area contributed by atoms with Gasteiger partial charge in [-0.3, -0.25) is 9.69 Å². The average molecular weight is 573 g/mol. The van der Waals surface area contributed by atoms with Gasteiger partial charge in [0, 0.05) is 37.2 Å². The molecule has 2 aliphatic rings. The van der Waals surface area contributed by atoms with Crippen LogP contribution in [0.2, 0.25) is 5.02 Å². The average Bonchev–Trinajstić information content (AvgIpc) is 3.24. The number of alkyl halides is 6. The maximum atomic E-state index is 13.8. The number of halogens is 7. The number of amides is 1. The molecule has 1 amide bonds. The Hall–Kier alpha value is -2.21. The van der Waals surface area contributed by atoms with Crippen LogP contribution in [0.1, 0.15) is 57.6 Å². The van der Waals surface area contributed by atoms with E-state index in [-0.39, 0.29) is 24.7 Å². The molecule has 0 radical (unpaired) electrons. The van der Waals surface area contributed by atoms with E-state index in [1.807, 2.05) is 0 Å². The van der Waals surface area contributed by atoms with Gasteiger partial charge in [-0.05, 0) is 56.9 Å². The molecule has 6 nitrogen and oxygen atoms in total. The predicted octanol–water partition coefficient (Wildman–Crippen LogP) is 6.40. The molecular weight excluding hydrogens is 542 g/mol. The van der Waals surface area contributed by atoms with Gasteiger partial charge in [-0.25, -0.2) is 4.79 Å². The third-order valence-electron chi connectivity index (χ3n) is 7.10. The van der Waals surface area contributed by atoms with E-state index in [4.69, 9.17) is 16.3 Å². The van der Waals surface area contributed by atoms with E-state index < -0.39 is 53.9 Å². The highest BCUT2D eigenvalue weighted by Gasteiger charge is 2.62. The van der Waals surface area contributed by atoms with Gasteiger partial charge in [0.15, 0.2) is 5.92 Å². The summed E-state index contributed by atoms with van der Waals surface area (Å²) in [6.07, 6.45) is -10.8. The number of piperazine rings is 1. The third kappa shape index (κ3) is 6.67. The summed E-state index contributed by atoms with van der Waals surface area (Å²) in [5, 5.41) is 9.56. The molecule has 1 aliphatic carbocycles. The van der Waals surface area contributed by atoms with Crippen molar-refractivity contribution in [1.29, 1.82) is 0 Å². The lowest BCUT2D eigenvalue weighted by Gasteiger charge is -2.45. The van der Waals surface area contributed by atoms with E-state index >= 15 is 0 Å². The molecule has 0 aromatic heterocycles. The highest BCUT2D eigenvalue weighted by molar-refractivity contribution is 6.30. The molecule has 38 heavy (non-hydrogen) atoms. The second kappa shape index (κ2) is 10.7. The van der Waals surface area contributed by atoms with Gasteiger partial charge in [0.1, 0.15) is 5.60 Å². The lowest BCUT2D eigenvalue weighted by Crippen LogP contribution is -2.62. The number of nitrogens with zero attached hydrogens (tertiary/aromatic N) is 2. The molecule has 1 aromatic carbocycles. The molecule has 1 saturated heterocycles. The van der Waals surface area contributed by atoms with Crippen LogP contribution >= 0.6 is 11.6 Å². The van der Waals surface area contributed by atoms with Crippen LogP contribution < -0.4 is 0 Å². The van der Waals surface area contributed by atoms with Crippen molar-refractivity contribution in [3.8, 4) is 0 Å². The fraction of sp³-hybridized carbons (Fsp3) is 0.680. The van der Waals surface area contributed by atoms with Gasteiger partial charge in [-0.1, -0.05) is 30.5 Å². The number of carbonyl (C=O) groups excluding carboxylic acids is 1. The van der Waals surface area contributed by atoms with Gasteiger partial charge in [-0.15, -0.1) is 0 Å². The summed E-state index contributed by atoms with van der Waals surface area (Å²) in [6, 6.07) is 2.27. The Bertz CT molecular complexity index is 1020. The van der Waals surface area contributed by atoms with Gasteiger partial charge >= 0.3 is 24.4 Å². The molecule has 1 atom stereocenters. The SMILES string of the molecule is CC(C)(C)OC(=O)C1(c2cc(Cl)ccc2CN2CCN(C(=O)O)CC2C(C(F)(F)F)C(F)(F)F)CCCC1. The lowest BCUT2D eigenvalue weighted by molar-refractivity contribution is -0.302. The van der Waals surface area contributed by atoms with Crippen LogP contribution in [0.4, 0.5) is 31.1 Å². The van der Waals surface area contributed by atoms with Crippen molar-refractivity contribution < 1.29 is 45.8 Å². The fourth-order valence-corrected chi connectivity index (χ4v) is 5.62. The topological polar surface area (TPSA) is 70.1 Å². The standard InChI is InChI=1S/C25H31ClF6N2O4/c1-22(2,3)38-20(35)23(8-4-5-9-23)17-12-16(26)7-6-15(17)13-33-10-11-34(21(36)37)14-18(33)19(24(27,28)29)25(30,31)32/h6-7,12,18-19H,4-5,8-11,13-14H2,1-3H3,(H,36,37). The molecular formula is C25H31ClF6N2O4. The summed E-state index contributed by atoms with van der Waals surface area (Å²) in [5.41, 5.74) is -1.22. The number of carbonyl (C=O) groups is 2. The first-order valence-corrected chi connectivity index (χ1v) is 12.6. The van der Waals surface area contributed by atoms with Crippen LogP contribution in [0.15, 0.2) is 18.2 Å². The van der Waals surface area contributed by atoms with Gasteiger partial charge in [0.25, 0.3) is 0 Å². The van der Waals surface area contributed by atoms with Crippen molar-refractivity contribution >= 4 is 23.7 Å². The smallest absolute Gasteiger partial charge is 0.407 e. The molecule has 1 N–H and O–H groups in total. The van der Waals surface area contributed by atoms with Crippen molar-refractivity contribution in [1.82, 2.24) is 9.80 Å². The zero-order valence-electron chi connectivity index (χ0n) is 21.3. The van der Waals surface area contributed by atoms with E-state index in [9.17, 15) is 41.0 Å². The largest absolute Gasteiger partial charge is 0.465 e. The number of carboxylic acid groups (broad SMARTS) is 1. The van der Waals surface area contributed by atoms with Crippen molar-refractivity contribution in [2.24, 2.45) is 5.92 Å². The number of benzene rings is 1. The molecule has 1 unspecified atom stereocenters. The lowest BCUT2D eigenvalue weighted by atomic mass is 9.76. The second-order valence-electron chi connectivity index (χ2n) is 10.9. The number of hydrogen-bond donors (Lipinski definition) is 1. The minimum absolute atomic E-state index is 0.259. The van der Waals surface area contributed by atoms with Gasteiger partial charge in [0.05, 0.1) is 5.41 Å². The van der Waals surface area contributed by atoms with Gasteiger partial charge in [0.2, 0.25) is 0 Å². The second-order valence-corrected chi connectivity index (χ2v) is 11.4. The van der Waals surface area contributed by atoms with Gasteiger partial charge in [-0.2, -0.15) is 26.3 Å². The van der Waals surface area contributed by atoms with Crippen LogP contribution in [0.3, 0.4) is 0 Å². The van der Waals surface area contributed by atoms with E-state index in [1.165, 1.54) is 18.2 Å². The van der Waals surface area contributed by atoms with Crippen molar-refractivity contribution in [2.45, 2.75) is 82.4 Å². The molecule has 1 saturated carbocycles. The molecule has 13 heteroatoms.